The summed E-state index contributed by atoms with van der Waals surface area (Å²) in [5.74, 6) is 0.134. The van der Waals surface area contributed by atoms with Crippen LogP contribution < -0.4 is 11.1 Å². The zero-order valence-corrected chi connectivity index (χ0v) is 12.7. The van der Waals surface area contributed by atoms with Crippen molar-refractivity contribution in [3.63, 3.8) is 0 Å². The summed E-state index contributed by atoms with van der Waals surface area (Å²) < 4.78 is 0. The van der Waals surface area contributed by atoms with E-state index in [1.807, 2.05) is 0 Å². The van der Waals surface area contributed by atoms with Crippen LogP contribution in [0, 0.1) is 5.92 Å². The highest BCUT2D eigenvalue weighted by Gasteiger charge is 2.18. The van der Waals surface area contributed by atoms with Crippen LogP contribution in [0.1, 0.15) is 52.4 Å². The van der Waals surface area contributed by atoms with Gasteiger partial charge in [0.05, 0.1) is 5.92 Å². The number of likely N-dealkylation sites (tertiary alicyclic amines) is 1. The van der Waals surface area contributed by atoms with Crippen LogP contribution in [0.5, 0.6) is 0 Å². The number of rotatable bonds is 8. The minimum Gasteiger partial charge on any atom is -0.356 e. The summed E-state index contributed by atoms with van der Waals surface area (Å²) >= 11 is 0. The summed E-state index contributed by atoms with van der Waals surface area (Å²) in [5.41, 5.74) is 5.63. The number of piperidine rings is 1. The van der Waals surface area contributed by atoms with E-state index in [1.54, 1.807) is 0 Å². The molecule has 0 aromatic rings. The number of nitrogens with zero attached hydrogens (tertiary/aromatic N) is 1. The SMILES string of the molecule is CCCC(CN)C(=O)NCCCN1CCCCC1C. The van der Waals surface area contributed by atoms with E-state index >= 15 is 0 Å². The minimum atomic E-state index is -0.00101. The number of carbonyl (C=O) groups is 1. The molecule has 0 bridgehead atoms. The van der Waals surface area contributed by atoms with Gasteiger partial charge in [-0.25, -0.2) is 0 Å². The van der Waals surface area contributed by atoms with Gasteiger partial charge in [-0.2, -0.15) is 0 Å². The normalized spacial score (nSPS) is 22.2. The van der Waals surface area contributed by atoms with Crippen LogP contribution in [0.4, 0.5) is 0 Å². The van der Waals surface area contributed by atoms with Crippen LogP contribution >= 0.6 is 0 Å². The highest BCUT2D eigenvalue weighted by molar-refractivity contribution is 5.78. The molecule has 1 rings (SSSR count). The molecule has 1 saturated heterocycles. The quantitative estimate of drug-likeness (QED) is 0.660. The minimum absolute atomic E-state index is 0.00101. The van der Waals surface area contributed by atoms with E-state index in [0.29, 0.717) is 12.6 Å². The Kier molecular flexibility index (Phi) is 8.07. The Morgan fingerprint density at radius 1 is 1.47 bits per heavy atom. The number of hydrogen-bond donors (Lipinski definition) is 2. The van der Waals surface area contributed by atoms with Crippen molar-refractivity contribution in [3.8, 4) is 0 Å². The van der Waals surface area contributed by atoms with Crippen LogP contribution in [0.2, 0.25) is 0 Å². The predicted octanol–water partition coefficient (Wildman–Crippen LogP) is 1.74. The van der Waals surface area contributed by atoms with E-state index in [1.165, 1.54) is 25.8 Å². The highest BCUT2D eigenvalue weighted by Crippen LogP contribution is 2.16. The molecular weight excluding hydrogens is 238 g/mol. The first kappa shape index (κ1) is 16.4. The standard InChI is InChI=1S/C15H31N3O/c1-3-7-14(12-16)15(19)17-9-6-11-18-10-5-4-8-13(18)2/h13-14H,3-12,16H2,1-2H3,(H,17,19). The van der Waals surface area contributed by atoms with E-state index in [0.717, 1.165) is 32.4 Å². The Hall–Kier alpha value is -0.610. The fourth-order valence-electron chi connectivity index (χ4n) is 2.83. The monoisotopic (exact) mass is 269 g/mol. The second kappa shape index (κ2) is 9.32. The maximum Gasteiger partial charge on any atom is 0.224 e. The van der Waals surface area contributed by atoms with Crippen molar-refractivity contribution in [1.29, 1.82) is 0 Å². The molecule has 2 unspecified atom stereocenters. The lowest BCUT2D eigenvalue weighted by Gasteiger charge is -2.33. The zero-order valence-electron chi connectivity index (χ0n) is 12.7. The third-order valence-electron chi connectivity index (χ3n) is 4.15. The van der Waals surface area contributed by atoms with Crippen LogP contribution in [0.15, 0.2) is 0 Å². The first-order valence-corrected chi connectivity index (χ1v) is 7.90. The number of hydrogen-bond acceptors (Lipinski definition) is 3. The molecule has 4 heteroatoms. The summed E-state index contributed by atoms with van der Waals surface area (Å²) in [5, 5.41) is 3.03. The Labute approximate surface area is 118 Å². The molecule has 0 aliphatic carbocycles. The number of carbonyl (C=O) groups excluding carboxylic acids is 1. The van der Waals surface area contributed by atoms with E-state index in [4.69, 9.17) is 5.73 Å². The first-order valence-electron chi connectivity index (χ1n) is 7.90. The van der Waals surface area contributed by atoms with Crippen molar-refractivity contribution in [2.45, 2.75) is 58.4 Å². The summed E-state index contributed by atoms with van der Waals surface area (Å²) in [7, 11) is 0. The molecule has 1 heterocycles. The molecule has 112 valence electrons. The summed E-state index contributed by atoms with van der Waals surface area (Å²) in [4.78, 5) is 14.4. The Morgan fingerprint density at radius 3 is 2.89 bits per heavy atom. The molecule has 19 heavy (non-hydrogen) atoms. The largest absolute Gasteiger partial charge is 0.356 e. The van der Waals surface area contributed by atoms with E-state index in [-0.39, 0.29) is 11.8 Å². The molecule has 0 aromatic heterocycles. The van der Waals surface area contributed by atoms with Gasteiger partial charge >= 0.3 is 0 Å². The van der Waals surface area contributed by atoms with Gasteiger partial charge in [-0.15, -0.1) is 0 Å². The maximum atomic E-state index is 11.9. The summed E-state index contributed by atoms with van der Waals surface area (Å²) in [6, 6.07) is 0.710. The van der Waals surface area contributed by atoms with Gasteiger partial charge in [0.15, 0.2) is 0 Å². The lowest BCUT2D eigenvalue weighted by Crippen LogP contribution is -2.40. The van der Waals surface area contributed by atoms with Crippen molar-refractivity contribution in [3.05, 3.63) is 0 Å². The molecule has 3 N–H and O–H groups in total. The Bertz CT molecular complexity index is 258. The first-order chi connectivity index (χ1) is 9.19. The number of nitrogens with two attached hydrogens (primary N) is 1. The lowest BCUT2D eigenvalue weighted by atomic mass is 10.0. The number of amides is 1. The average Bonchev–Trinajstić information content (AvgIpc) is 2.42. The van der Waals surface area contributed by atoms with Crippen molar-refractivity contribution in [2.75, 3.05) is 26.2 Å². The molecule has 1 aliphatic heterocycles. The van der Waals surface area contributed by atoms with Crippen LogP contribution in [-0.4, -0.2) is 43.0 Å². The van der Waals surface area contributed by atoms with Gasteiger partial charge in [-0.1, -0.05) is 19.8 Å². The van der Waals surface area contributed by atoms with Crippen LogP contribution in [0.3, 0.4) is 0 Å². The van der Waals surface area contributed by atoms with Gasteiger partial charge in [-0.05, 0) is 39.2 Å². The van der Waals surface area contributed by atoms with Crippen molar-refractivity contribution in [1.82, 2.24) is 10.2 Å². The van der Waals surface area contributed by atoms with Crippen LogP contribution in [0.25, 0.3) is 0 Å². The summed E-state index contributed by atoms with van der Waals surface area (Å²) in [6.45, 7) is 7.96. The van der Waals surface area contributed by atoms with Crippen molar-refractivity contribution < 1.29 is 4.79 Å². The molecule has 1 fully saturated rings. The average molecular weight is 269 g/mol. The highest BCUT2D eigenvalue weighted by atomic mass is 16.1. The second-order valence-electron chi connectivity index (χ2n) is 5.75. The van der Waals surface area contributed by atoms with Gasteiger partial charge < -0.3 is 16.0 Å². The van der Waals surface area contributed by atoms with E-state index in [9.17, 15) is 4.79 Å². The Balaban J connectivity index is 2.14. The van der Waals surface area contributed by atoms with Gasteiger partial charge in [0, 0.05) is 25.7 Å². The van der Waals surface area contributed by atoms with Gasteiger partial charge in [0.25, 0.3) is 0 Å². The van der Waals surface area contributed by atoms with Gasteiger partial charge in [0.2, 0.25) is 5.91 Å². The fourth-order valence-corrected chi connectivity index (χ4v) is 2.83. The fraction of sp³-hybridized carbons (Fsp3) is 0.933. The van der Waals surface area contributed by atoms with Gasteiger partial charge in [0.1, 0.15) is 0 Å². The third-order valence-corrected chi connectivity index (χ3v) is 4.15. The third kappa shape index (κ3) is 5.91. The molecule has 1 aliphatic rings. The topological polar surface area (TPSA) is 58.4 Å². The van der Waals surface area contributed by atoms with E-state index < -0.39 is 0 Å². The second-order valence-corrected chi connectivity index (χ2v) is 5.75. The predicted molar refractivity (Wildman–Crippen MR) is 80.0 cm³/mol. The lowest BCUT2D eigenvalue weighted by molar-refractivity contribution is -0.124. The van der Waals surface area contributed by atoms with Gasteiger partial charge in [-0.3, -0.25) is 4.79 Å². The smallest absolute Gasteiger partial charge is 0.224 e. The van der Waals surface area contributed by atoms with Crippen molar-refractivity contribution in [2.24, 2.45) is 11.7 Å². The number of nitrogens with one attached hydrogen (secondary N) is 1. The maximum absolute atomic E-state index is 11.9. The molecule has 4 nitrogen and oxygen atoms in total. The molecule has 0 saturated carbocycles. The molecule has 0 radical (unpaired) electrons. The van der Waals surface area contributed by atoms with E-state index in [2.05, 4.69) is 24.1 Å². The molecular formula is C15H31N3O. The molecule has 1 amide bonds. The van der Waals surface area contributed by atoms with Crippen LogP contribution in [-0.2, 0) is 4.79 Å². The Morgan fingerprint density at radius 2 is 2.26 bits per heavy atom. The zero-order chi connectivity index (χ0) is 14.1. The molecule has 0 spiro atoms. The summed E-state index contributed by atoms with van der Waals surface area (Å²) in [6.07, 6.45) is 6.95. The molecule has 2 atom stereocenters. The molecule has 0 aromatic carbocycles. The van der Waals surface area contributed by atoms with Crippen molar-refractivity contribution >= 4 is 5.91 Å².